The molecule has 1 heterocycles. The first kappa shape index (κ1) is 23.6. The second kappa shape index (κ2) is 11.5. The molecule has 0 unspecified atom stereocenters. The lowest BCUT2D eigenvalue weighted by atomic mass is 10.2. The molecule has 0 aliphatic rings. The van der Waals surface area contributed by atoms with Gasteiger partial charge in [-0.1, -0.05) is 60.7 Å². The Morgan fingerprint density at radius 2 is 1.65 bits per heavy atom. The zero-order valence-corrected chi connectivity index (χ0v) is 19.9. The standard InChI is InChI=1S/C29H32N2O3/c1-22(2)34-28(32)16-10-5-11-19-33-25-17-18-26-27(20-25)31(21-23-12-6-3-7-13-23)29(30-26)24-14-8-4-9-15-24/h3-4,6-9,12-15,17-18,20,22H,5,10-11,16,19,21H2,1-2H3. The van der Waals surface area contributed by atoms with Crippen molar-refractivity contribution in [2.75, 3.05) is 6.61 Å². The number of imidazole rings is 1. The molecule has 0 aliphatic carbocycles. The summed E-state index contributed by atoms with van der Waals surface area (Å²) < 4.78 is 13.5. The summed E-state index contributed by atoms with van der Waals surface area (Å²) in [4.78, 5) is 16.6. The fourth-order valence-electron chi connectivity index (χ4n) is 3.99. The van der Waals surface area contributed by atoms with Crippen LogP contribution in [0.3, 0.4) is 0 Å². The van der Waals surface area contributed by atoms with Crippen LogP contribution in [0.25, 0.3) is 22.4 Å². The van der Waals surface area contributed by atoms with Crippen molar-refractivity contribution in [1.29, 1.82) is 0 Å². The molecule has 176 valence electrons. The molecular weight excluding hydrogens is 424 g/mol. The van der Waals surface area contributed by atoms with Crippen molar-refractivity contribution in [1.82, 2.24) is 9.55 Å². The largest absolute Gasteiger partial charge is 0.494 e. The highest BCUT2D eigenvalue weighted by Crippen LogP contribution is 2.28. The van der Waals surface area contributed by atoms with Gasteiger partial charge in [0.15, 0.2) is 0 Å². The molecule has 0 saturated carbocycles. The van der Waals surface area contributed by atoms with Gasteiger partial charge in [-0.2, -0.15) is 0 Å². The van der Waals surface area contributed by atoms with Crippen LogP contribution in [0.4, 0.5) is 0 Å². The third-order valence-electron chi connectivity index (χ3n) is 5.60. The van der Waals surface area contributed by atoms with Gasteiger partial charge in [-0.15, -0.1) is 0 Å². The number of nitrogens with zero attached hydrogens (tertiary/aromatic N) is 2. The van der Waals surface area contributed by atoms with Crippen LogP contribution >= 0.6 is 0 Å². The smallest absolute Gasteiger partial charge is 0.306 e. The molecule has 0 saturated heterocycles. The van der Waals surface area contributed by atoms with Gasteiger partial charge in [0.05, 0.1) is 23.7 Å². The van der Waals surface area contributed by atoms with E-state index in [9.17, 15) is 4.79 Å². The third-order valence-corrected chi connectivity index (χ3v) is 5.60. The number of hydrogen-bond donors (Lipinski definition) is 0. The van der Waals surface area contributed by atoms with E-state index in [0.29, 0.717) is 13.0 Å². The molecule has 0 amide bonds. The second-order valence-corrected chi connectivity index (χ2v) is 8.72. The summed E-state index contributed by atoms with van der Waals surface area (Å²) in [5.41, 5.74) is 4.32. The van der Waals surface area contributed by atoms with Crippen LogP contribution in [0.2, 0.25) is 0 Å². The Morgan fingerprint density at radius 3 is 2.38 bits per heavy atom. The van der Waals surface area contributed by atoms with Gasteiger partial charge in [0, 0.05) is 24.6 Å². The molecule has 0 aliphatic heterocycles. The van der Waals surface area contributed by atoms with Crippen molar-refractivity contribution in [3.8, 4) is 17.1 Å². The summed E-state index contributed by atoms with van der Waals surface area (Å²) in [5, 5.41) is 0. The molecule has 0 fully saturated rings. The molecular formula is C29H32N2O3. The van der Waals surface area contributed by atoms with Gasteiger partial charge >= 0.3 is 5.97 Å². The molecule has 4 aromatic rings. The van der Waals surface area contributed by atoms with Gasteiger partial charge in [0.25, 0.3) is 0 Å². The monoisotopic (exact) mass is 456 g/mol. The van der Waals surface area contributed by atoms with Gasteiger partial charge in [-0.05, 0) is 50.8 Å². The Morgan fingerprint density at radius 1 is 0.912 bits per heavy atom. The van der Waals surface area contributed by atoms with E-state index in [1.165, 1.54) is 5.56 Å². The predicted molar refractivity (Wildman–Crippen MR) is 136 cm³/mol. The Bertz CT molecular complexity index is 1200. The van der Waals surface area contributed by atoms with E-state index in [1.54, 1.807) is 0 Å². The molecule has 1 aromatic heterocycles. The summed E-state index contributed by atoms with van der Waals surface area (Å²) in [6, 6.07) is 26.8. The SMILES string of the molecule is CC(C)OC(=O)CCCCCOc1ccc2nc(-c3ccccc3)n(Cc3ccccc3)c2c1. The molecule has 0 spiro atoms. The summed E-state index contributed by atoms with van der Waals surface area (Å²) in [7, 11) is 0. The topological polar surface area (TPSA) is 53.4 Å². The molecule has 4 rings (SSSR count). The summed E-state index contributed by atoms with van der Waals surface area (Å²) in [6.07, 6.45) is 3.05. The van der Waals surface area contributed by atoms with Crippen molar-refractivity contribution in [2.24, 2.45) is 0 Å². The van der Waals surface area contributed by atoms with Gasteiger partial charge in [0.1, 0.15) is 11.6 Å². The molecule has 0 atom stereocenters. The fourth-order valence-corrected chi connectivity index (χ4v) is 3.99. The maximum atomic E-state index is 11.6. The molecule has 5 nitrogen and oxygen atoms in total. The van der Waals surface area contributed by atoms with Crippen LogP contribution in [0.15, 0.2) is 78.9 Å². The number of unbranched alkanes of at least 4 members (excludes halogenated alkanes) is 2. The first-order valence-electron chi connectivity index (χ1n) is 12.0. The minimum absolute atomic E-state index is 0.0523. The van der Waals surface area contributed by atoms with Gasteiger partial charge < -0.3 is 14.0 Å². The minimum atomic E-state index is -0.123. The minimum Gasteiger partial charge on any atom is -0.494 e. The summed E-state index contributed by atoms with van der Waals surface area (Å²) in [6.45, 7) is 5.09. The Hall–Kier alpha value is -3.60. The Labute approximate surface area is 201 Å². The lowest BCUT2D eigenvalue weighted by Gasteiger charge is -2.11. The van der Waals surface area contributed by atoms with Crippen LogP contribution in [-0.2, 0) is 16.1 Å². The number of aromatic nitrogens is 2. The highest BCUT2D eigenvalue weighted by molar-refractivity contribution is 5.82. The van der Waals surface area contributed by atoms with E-state index >= 15 is 0 Å². The molecule has 0 N–H and O–H groups in total. The van der Waals surface area contributed by atoms with Crippen LogP contribution in [0, 0.1) is 0 Å². The number of carbonyl (C=O) groups excluding carboxylic acids is 1. The van der Waals surface area contributed by atoms with Crippen LogP contribution < -0.4 is 4.74 Å². The highest BCUT2D eigenvalue weighted by atomic mass is 16.5. The number of hydrogen-bond acceptors (Lipinski definition) is 4. The van der Waals surface area contributed by atoms with Crippen molar-refractivity contribution < 1.29 is 14.3 Å². The number of carbonyl (C=O) groups is 1. The zero-order valence-electron chi connectivity index (χ0n) is 19.9. The normalized spacial score (nSPS) is 11.1. The lowest BCUT2D eigenvalue weighted by molar-refractivity contribution is -0.147. The first-order chi connectivity index (χ1) is 16.6. The third kappa shape index (κ3) is 6.25. The lowest BCUT2D eigenvalue weighted by Crippen LogP contribution is -2.11. The average Bonchev–Trinajstić information content (AvgIpc) is 3.19. The molecule has 0 radical (unpaired) electrons. The van der Waals surface area contributed by atoms with E-state index in [1.807, 2.05) is 50.2 Å². The van der Waals surface area contributed by atoms with Crippen molar-refractivity contribution in [3.05, 3.63) is 84.4 Å². The van der Waals surface area contributed by atoms with E-state index in [0.717, 1.165) is 54.0 Å². The number of ether oxygens (including phenoxy) is 2. The highest BCUT2D eigenvalue weighted by Gasteiger charge is 2.14. The maximum Gasteiger partial charge on any atom is 0.306 e. The average molecular weight is 457 g/mol. The molecule has 5 heteroatoms. The number of benzene rings is 3. The zero-order chi connectivity index (χ0) is 23.8. The van der Waals surface area contributed by atoms with Gasteiger partial charge in [-0.3, -0.25) is 4.79 Å². The van der Waals surface area contributed by atoms with Crippen LogP contribution in [0.5, 0.6) is 5.75 Å². The quantitative estimate of drug-likeness (QED) is 0.187. The van der Waals surface area contributed by atoms with E-state index in [4.69, 9.17) is 14.5 Å². The first-order valence-corrected chi connectivity index (χ1v) is 12.0. The van der Waals surface area contributed by atoms with Crippen molar-refractivity contribution in [2.45, 2.75) is 52.2 Å². The second-order valence-electron chi connectivity index (χ2n) is 8.72. The van der Waals surface area contributed by atoms with Gasteiger partial charge in [0.2, 0.25) is 0 Å². The molecule has 34 heavy (non-hydrogen) atoms. The van der Waals surface area contributed by atoms with Crippen LogP contribution in [-0.4, -0.2) is 28.2 Å². The Kier molecular flexibility index (Phi) is 7.97. The van der Waals surface area contributed by atoms with E-state index in [2.05, 4.69) is 47.0 Å². The van der Waals surface area contributed by atoms with Crippen molar-refractivity contribution in [3.63, 3.8) is 0 Å². The predicted octanol–water partition coefficient (Wildman–Crippen LogP) is 6.64. The Balaban J connectivity index is 1.45. The number of rotatable bonds is 11. The maximum absolute atomic E-state index is 11.6. The van der Waals surface area contributed by atoms with Gasteiger partial charge in [-0.25, -0.2) is 4.98 Å². The van der Waals surface area contributed by atoms with E-state index < -0.39 is 0 Å². The molecule has 3 aromatic carbocycles. The number of fused-ring (bicyclic) bond motifs is 1. The summed E-state index contributed by atoms with van der Waals surface area (Å²) in [5.74, 6) is 1.66. The van der Waals surface area contributed by atoms with Crippen molar-refractivity contribution >= 4 is 17.0 Å². The van der Waals surface area contributed by atoms with Crippen LogP contribution in [0.1, 0.15) is 45.1 Å². The fraction of sp³-hybridized carbons (Fsp3) is 0.310. The number of esters is 1. The summed E-state index contributed by atoms with van der Waals surface area (Å²) >= 11 is 0. The molecule has 0 bridgehead atoms. The van der Waals surface area contributed by atoms with E-state index in [-0.39, 0.29) is 12.1 Å².